The fourth-order valence-electron chi connectivity index (χ4n) is 2.33. The van der Waals surface area contributed by atoms with Crippen LogP contribution in [0.1, 0.15) is 0 Å². The Morgan fingerprint density at radius 3 is 2.26 bits per heavy atom. The summed E-state index contributed by atoms with van der Waals surface area (Å²) in [6, 6.07) is 9.00. The number of methoxy groups -OCH3 is 2. The summed E-state index contributed by atoms with van der Waals surface area (Å²) in [7, 11) is 3.04. The number of phenolic OH excluding ortho intramolecular Hbond substituents is 2. The molecule has 0 saturated carbocycles. The summed E-state index contributed by atoms with van der Waals surface area (Å²) in [5.74, 6) is 0.522. The van der Waals surface area contributed by atoms with E-state index in [4.69, 9.17) is 13.9 Å². The van der Waals surface area contributed by atoms with Gasteiger partial charge in [-0.05, 0) is 12.1 Å². The maximum atomic E-state index is 10.2. The van der Waals surface area contributed by atoms with E-state index in [1.165, 1.54) is 38.5 Å². The molecule has 3 N–H and O–H groups in total. The van der Waals surface area contributed by atoms with Crippen molar-refractivity contribution in [1.82, 2.24) is 0 Å². The Labute approximate surface area is 131 Å². The summed E-state index contributed by atoms with van der Waals surface area (Å²) in [4.78, 5) is 0. The summed E-state index contributed by atoms with van der Waals surface area (Å²) in [6.45, 7) is 0. The van der Waals surface area contributed by atoms with Crippen molar-refractivity contribution in [1.29, 1.82) is 0 Å². The van der Waals surface area contributed by atoms with Crippen LogP contribution < -0.4 is 9.47 Å². The second kappa shape index (κ2) is 5.57. The molecule has 3 rings (SSSR count). The summed E-state index contributed by atoms with van der Waals surface area (Å²) in [5.41, 5.74) is 0.864. The zero-order chi connectivity index (χ0) is 16.6. The van der Waals surface area contributed by atoms with Crippen molar-refractivity contribution in [3.8, 4) is 40.1 Å². The molecule has 0 atom stereocenters. The van der Waals surface area contributed by atoms with Crippen LogP contribution in [-0.2, 0) is 0 Å². The van der Waals surface area contributed by atoms with Crippen molar-refractivity contribution >= 4 is 11.0 Å². The molecule has 2 aromatic carbocycles. The first-order valence-electron chi connectivity index (χ1n) is 6.77. The van der Waals surface area contributed by atoms with Gasteiger partial charge in [-0.2, -0.15) is 0 Å². The van der Waals surface area contributed by atoms with Crippen LogP contribution in [0.5, 0.6) is 28.7 Å². The highest BCUT2D eigenvalue weighted by Gasteiger charge is 2.25. The van der Waals surface area contributed by atoms with Crippen molar-refractivity contribution in [2.75, 3.05) is 14.2 Å². The molecule has 0 bridgehead atoms. The predicted molar refractivity (Wildman–Crippen MR) is 84.2 cm³/mol. The Hall–Kier alpha value is -3.15. The van der Waals surface area contributed by atoms with E-state index < -0.39 is 0 Å². The number of hydrogen-bond donors (Lipinski definition) is 3. The standard InChI is InChI=1S/C17H14O6/c1-21-10-6-15(22-2)11-8-14(20)17(23-16(11)7-10)9-3-4-12(18)13(19)5-9/h3-8H,1-2H3,(H2-,18,19,20)/p+1. The molecule has 6 nitrogen and oxygen atoms in total. The summed E-state index contributed by atoms with van der Waals surface area (Å²) < 4.78 is 16.2. The number of fused-ring (bicyclic) bond motifs is 1. The molecular formula is C17H15O6+. The summed E-state index contributed by atoms with van der Waals surface area (Å²) in [6.07, 6.45) is 0. The van der Waals surface area contributed by atoms with E-state index in [1.54, 1.807) is 12.1 Å². The number of hydrogen-bond acceptors (Lipinski definition) is 5. The summed E-state index contributed by atoms with van der Waals surface area (Å²) in [5, 5.41) is 29.8. The van der Waals surface area contributed by atoms with Gasteiger partial charge in [-0.1, -0.05) is 0 Å². The van der Waals surface area contributed by atoms with Crippen molar-refractivity contribution in [3.63, 3.8) is 0 Å². The molecule has 0 unspecified atom stereocenters. The second-order valence-electron chi connectivity index (χ2n) is 4.91. The van der Waals surface area contributed by atoms with Gasteiger partial charge in [0.05, 0.1) is 25.8 Å². The molecule has 118 valence electrons. The third kappa shape index (κ3) is 2.55. The lowest BCUT2D eigenvalue weighted by molar-refractivity contribution is 0.395. The van der Waals surface area contributed by atoms with Gasteiger partial charge in [-0.25, -0.2) is 4.42 Å². The molecule has 23 heavy (non-hydrogen) atoms. The molecule has 3 aromatic rings. The Bertz CT molecular complexity index is 888. The van der Waals surface area contributed by atoms with Gasteiger partial charge in [0, 0.05) is 18.2 Å². The number of benzene rings is 2. The van der Waals surface area contributed by atoms with Gasteiger partial charge in [-0.3, -0.25) is 0 Å². The van der Waals surface area contributed by atoms with E-state index >= 15 is 0 Å². The predicted octanol–water partition coefficient (Wildman–Crippen LogP) is 3.51. The maximum Gasteiger partial charge on any atom is 0.402 e. The molecule has 0 saturated heterocycles. The lowest BCUT2D eigenvalue weighted by Gasteiger charge is -2.05. The number of phenols is 2. The fourth-order valence-corrected chi connectivity index (χ4v) is 2.33. The van der Waals surface area contributed by atoms with Crippen LogP contribution in [-0.4, -0.2) is 29.5 Å². The van der Waals surface area contributed by atoms with Gasteiger partial charge in [-0.15, -0.1) is 0 Å². The molecule has 0 spiro atoms. The molecule has 0 aliphatic rings. The first kappa shape index (κ1) is 14.8. The van der Waals surface area contributed by atoms with Gasteiger partial charge in [0.15, 0.2) is 11.5 Å². The van der Waals surface area contributed by atoms with Crippen LogP contribution in [0.2, 0.25) is 0 Å². The minimum absolute atomic E-state index is 0.119. The van der Waals surface area contributed by atoms with E-state index in [1.807, 2.05) is 0 Å². The first-order chi connectivity index (χ1) is 11.0. The van der Waals surface area contributed by atoms with Gasteiger partial charge < -0.3 is 24.8 Å². The molecule has 0 fully saturated rings. The third-order valence-electron chi connectivity index (χ3n) is 3.50. The molecule has 1 heterocycles. The third-order valence-corrected chi connectivity index (χ3v) is 3.50. The summed E-state index contributed by atoms with van der Waals surface area (Å²) >= 11 is 0. The van der Waals surface area contributed by atoms with Gasteiger partial charge in [0.25, 0.3) is 0 Å². The monoisotopic (exact) mass is 315 g/mol. The van der Waals surface area contributed by atoms with Crippen LogP contribution >= 0.6 is 0 Å². The number of rotatable bonds is 3. The average molecular weight is 315 g/mol. The molecule has 1 aromatic heterocycles. The van der Waals surface area contributed by atoms with Gasteiger partial charge in [0.1, 0.15) is 16.9 Å². The van der Waals surface area contributed by atoms with Crippen molar-refractivity contribution in [3.05, 3.63) is 36.4 Å². The molecule has 6 heteroatoms. The first-order valence-corrected chi connectivity index (χ1v) is 6.77. The minimum atomic E-state index is -0.305. The SMILES string of the molecule is COc1cc(OC)c2cc(O)c(-c3ccc(O)c(O)c3)[o+]c2c1. The quantitative estimate of drug-likeness (QED) is 0.506. The van der Waals surface area contributed by atoms with Gasteiger partial charge in [0.2, 0.25) is 5.75 Å². The van der Waals surface area contributed by atoms with Crippen molar-refractivity contribution in [2.45, 2.75) is 0 Å². The number of ether oxygens (including phenoxy) is 2. The fraction of sp³-hybridized carbons (Fsp3) is 0.118. The molecule has 0 aliphatic heterocycles. The Balaban J connectivity index is 2.26. The maximum absolute atomic E-state index is 10.2. The second-order valence-corrected chi connectivity index (χ2v) is 4.91. The van der Waals surface area contributed by atoms with E-state index in [0.717, 1.165) is 0 Å². The van der Waals surface area contributed by atoms with Crippen LogP contribution in [0, 0.1) is 0 Å². The minimum Gasteiger partial charge on any atom is -0.504 e. The molecular weight excluding hydrogens is 300 g/mol. The Morgan fingerprint density at radius 2 is 1.61 bits per heavy atom. The molecule has 0 amide bonds. The van der Waals surface area contributed by atoms with Crippen LogP contribution in [0.15, 0.2) is 40.8 Å². The van der Waals surface area contributed by atoms with E-state index in [9.17, 15) is 15.3 Å². The highest BCUT2D eigenvalue weighted by molar-refractivity contribution is 5.88. The average Bonchev–Trinajstić information content (AvgIpc) is 2.56. The molecule has 0 aliphatic carbocycles. The lowest BCUT2D eigenvalue weighted by atomic mass is 10.1. The van der Waals surface area contributed by atoms with E-state index in [-0.39, 0.29) is 23.0 Å². The lowest BCUT2D eigenvalue weighted by Crippen LogP contribution is -1.90. The van der Waals surface area contributed by atoms with Crippen molar-refractivity contribution in [2.24, 2.45) is 0 Å². The number of aromatic hydroxyl groups is 3. The van der Waals surface area contributed by atoms with Gasteiger partial charge >= 0.3 is 11.3 Å². The highest BCUT2D eigenvalue weighted by Crippen LogP contribution is 2.40. The van der Waals surface area contributed by atoms with Crippen molar-refractivity contribution < 1.29 is 29.2 Å². The smallest absolute Gasteiger partial charge is 0.402 e. The zero-order valence-corrected chi connectivity index (χ0v) is 12.5. The van der Waals surface area contributed by atoms with E-state index in [0.29, 0.717) is 28.0 Å². The van der Waals surface area contributed by atoms with Crippen LogP contribution in [0.3, 0.4) is 0 Å². The van der Waals surface area contributed by atoms with Crippen LogP contribution in [0.25, 0.3) is 22.3 Å². The highest BCUT2D eigenvalue weighted by atomic mass is 16.5. The molecule has 0 radical (unpaired) electrons. The normalized spacial score (nSPS) is 10.7. The largest absolute Gasteiger partial charge is 0.504 e. The topological polar surface area (TPSA) is 90.5 Å². The Kier molecular flexibility index (Phi) is 3.57. The Morgan fingerprint density at radius 1 is 0.826 bits per heavy atom. The van der Waals surface area contributed by atoms with E-state index in [2.05, 4.69) is 0 Å². The zero-order valence-electron chi connectivity index (χ0n) is 12.5. The van der Waals surface area contributed by atoms with Crippen LogP contribution in [0.4, 0.5) is 0 Å².